The Hall–Kier alpha value is -1.22. The first-order chi connectivity index (χ1) is 8.29. The number of rotatable bonds is 0. The Morgan fingerprint density at radius 3 is 1.59 bits per heavy atom. The molecule has 0 atom stereocenters. The standard InChI is InChI=1S/C7H8.C3H4N2S.2C2H6/c1-7-5-3-2-4-6-7;1-3-2-6-5-4-3;2*1-2/h2-6H,1H3;2H,1H3;2*1-2H3. The minimum Gasteiger partial charge on any atom is -0.143 e. The topological polar surface area (TPSA) is 25.8 Å². The number of aromatic nitrogens is 2. The van der Waals surface area contributed by atoms with Crippen molar-refractivity contribution in [3.63, 3.8) is 0 Å². The molecule has 2 aromatic rings. The molecule has 0 amide bonds. The molecular weight excluding hydrogens is 228 g/mol. The third-order valence-electron chi connectivity index (χ3n) is 1.41. The van der Waals surface area contributed by atoms with Crippen LogP contribution in [0.1, 0.15) is 39.0 Å². The van der Waals surface area contributed by atoms with Gasteiger partial charge in [-0.25, -0.2) is 0 Å². The van der Waals surface area contributed by atoms with Crippen molar-refractivity contribution in [2.75, 3.05) is 0 Å². The van der Waals surface area contributed by atoms with E-state index in [1.165, 1.54) is 17.1 Å². The first-order valence-electron chi connectivity index (χ1n) is 6.04. The maximum absolute atomic E-state index is 3.69. The molecule has 2 nitrogen and oxygen atoms in total. The van der Waals surface area contributed by atoms with Crippen molar-refractivity contribution < 1.29 is 0 Å². The van der Waals surface area contributed by atoms with E-state index in [0.29, 0.717) is 0 Å². The van der Waals surface area contributed by atoms with E-state index in [-0.39, 0.29) is 0 Å². The lowest BCUT2D eigenvalue weighted by Crippen LogP contribution is -1.64. The predicted molar refractivity (Wildman–Crippen MR) is 78.5 cm³/mol. The normalized spacial score (nSPS) is 7.41. The van der Waals surface area contributed by atoms with E-state index in [9.17, 15) is 0 Å². The van der Waals surface area contributed by atoms with Crippen LogP contribution < -0.4 is 0 Å². The molecule has 0 saturated carbocycles. The second-order valence-electron chi connectivity index (χ2n) is 2.70. The zero-order valence-corrected chi connectivity index (χ0v) is 12.6. The Morgan fingerprint density at radius 1 is 0.882 bits per heavy atom. The van der Waals surface area contributed by atoms with E-state index in [2.05, 4.69) is 28.6 Å². The van der Waals surface area contributed by atoms with Gasteiger partial charge in [-0.1, -0.05) is 68.1 Å². The molecule has 0 aliphatic carbocycles. The molecule has 1 aromatic heterocycles. The number of nitrogens with zero attached hydrogens (tertiary/aromatic N) is 2. The zero-order chi connectivity index (χ0) is 13.5. The predicted octanol–water partition coefficient (Wildman–Crippen LogP) is 4.89. The summed E-state index contributed by atoms with van der Waals surface area (Å²) in [6.45, 7) is 12.0. The molecule has 96 valence electrons. The third-order valence-corrected chi connectivity index (χ3v) is 2.03. The SMILES string of the molecule is CC.CC.Cc1ccccc1.Cc1csnn1. The highest BCUT2D eigenvalue weighted by Gasteiger charge is 1.78. The van der Waals surface area contributed by atoms with Crippen LogP contribution >= 0.6 is 11.5 Å². The molecule has 1 aromatic carbocycles. The Kier molecular flexibility index (Phi) is 15.8. The number of benzene rings is 1. The van der Waals surface area contributed by atoms with Crippen molar-refractivity contribution in [1.82, 2.24) is 9.59 Å². The van der Waals surface area contributed by atoms with Crippen LogP contribution in [0.5, 0.6) is 0 Å². The van der Waals surface area contributed by atoms with Crippen molar-refractivity contribution in [1.29, 1.82) is 0 Å². The second-order valence-corrected chi connectivity index (χ2v) is 3.31. The highest BCUT2D eigenvalue weighted by Crippen LogP contribution is 1.92. The maximum atomic E-state index is 3.69. The van der Waals surface area contributed by atoms with Gasteiger partial charge in [0.1, 0.15) is 0 Å². The quantitative estimate of drug-likeness (QED) is 0.667. The summed E-state index contributed by atoms with van der Waals surface area (Å²) in [6, 6.07) is 10.3. The molecule has 0 unspecified atom stereocenters. The molecule has 0 bridgehead atoms. The molecular formula is C14H24N2S. The van der Waals surface area contributed by atoms with Crippen LogP contribution in [0.4, 0.5) is 0 Å². The van der Waals surface area contributed by atoms with E-state index in [4.69, 9.17) is 0 Å². The summed E-state index contributed by atoms with van der Waals surface area (Å²) in [5.41, 5.74) is 2.32. The number of hydrogen-bond acceptors (Lipinski definition) is 3. The summed E-state index contributed by atoms with van der Waals surface area (Å²) in [4.78, 5) is 0. The van der Waals surface area contributed by atoms with E-state index in [1.807, 2.05) is 58.2 Å². The monoisotopic (exact) mass is 252 g/mol. The van der Waals surface area contributed by atoms with Crippen molar-refractivity contribution >= 4 is 11.5 Å². The van der Waals surface area contributed by atoms with Gasteiger partial charge in [-0.3, -0.25) is 0 Å². The van der Waals surface area contributed by atoms with Gasteiger partial charge in [-0.2, -0.15) is 0 Å². The highest BCUT2D eigenvalue weighted by molar-refractivity contribution is 7.03. The summed E-state index contributed by atoms with van der Waals surface area (Å²) in [5.74, 6) is 0. The minimum atomic E-state index is 1.00. The first-order valence-corrected chi connectivity index (χ1v) is 6.88. The smallest absolute Gasteiger partial charge is 0.0724 e. The second kappa shape index (κ2) is 14.8. The first kappa shape index (κ1) is 18.2. The lowest BCUT2D eigenvalue weighted by Gasteiger charge is -1.82. The van der Waals surface area contributed by atoms with Crippen LogP contribution in [-0.2, 0) is 0 Å². The summed E-state index contributed by atoms with van der Waals surface area (Å²) >= 11 is 1.38. The lowest BCUT2D eigenvalue weighted by atomic mass is 10.2. The van der Waals surface area contributed by atoms with E-state index < -0.39 is 0 Å². The number of aryl methyl sites for hydroxylation is 2. The number of hydrogen-bond donors (Lipinski definition) is 0. The van der Waals surface area contributed by atoms with Crippen LogP contribution in [0.3, 0.4) is 0 Å². The van der Waals surface area contributed by atoms with Gasteiger partial charge in [0.25, 0.3) is 0 Å². The fourth-order valence-electron chi connectivity index (χ4n) is 0.746. The molecule has 0 spiro atoms. The van der Waals surface area contributed by atoms with Crippen LogP contribution in [-0.4, -0.2) is 9.59 Å². The lowest BCUT2D eigenvalue weighted by molar-refractivity contribution is 1.09. The highest BCUT2D eigenvalue weighted by atomic mass is 32.1. The van der Waals surface area contributed by atoms with Gasteiger partial charge in [-0.15, -0.1) is 5.10 Å². The summed E-state index contributed by atoms with van der Waals surface area (Å²) in [7, 11) is 0. The van der Waals surface area contributed by atoms with Crippen LogP contribution in [0, 0.1) is 13.8 Å². The van der Waals surface area contributed by atoms with Gasteiger partial charge in [0.2, 0.25) is 0 Å². The molecule has 0 aliphatic rings. The molecule has 0 fully saturated rings. The molecule has 17 heavy (non-hydrogen) atoms. The van der Waals surface area contributed by atoms with Crippen LogP contribution in [0.25, 0.3) is 0 Å². The Balaban J connectivity index is 0. The Labute approximate surface area is 110 Å². The third kappa shape index (κ3) is 12.7. The van der Waals surface area contributed by atoms with Crippen LogP contribution in [0.2, 0.25) is 0 Å². The van der Waals surface area contributed by atoms with Gasteiger partial charge < -0.3 is 0 Å². The Bertz CT molecular complexity index is 317. The summed E-state index contributed by atoms with van der Waals surface area (Å²) < 4.78 is 3.61. The summed E-state index contributed by atoms with van der Waals surface area (Å²) in [5, 5.41) is 5.59. The fourth-order valence-corrected chi connectivity index (χ4v) is 1.17. The van der Waals surface area contributed by atoms with Crippen LogP contribution in [0.15, 0.2) is 35.7 Å². The molecule has 0 saturated heterocycles. The van der Waals surface area contributed by atoms with Gasteiger partial charge in [0.15, 0.2) is 0 Å². The molecule has 0 N–H and O–H groups in total. The van der Waals surface area contributed by atoms with Crippen molar-refractivity contribution in [3.05, 3.63) is 47.0 Å². The molecule has 0 aliphatic heterocycles. The van der Waals surface area contributed by atoms with Gasteiger partial charge in [0, 0.05) is 5.38 Å². The van der Waals surface area contributed by atoms with E-state index in [1.54, 1.807) is 0 Å². The summed E-state index contributed by atoms with van der Waals surface area (Å²) in [6.07, 6.45) is 0. The van der Waals surface area contributed by atoms with Gasteiger partial charge in [0.05, 0.1) is 5.69 Å². The van der Waals surface area contributed by atoms with Crippen molar-refractivity contribution in [2.45, 2.75) is 41.5 Å². The van der Waals surface area contributed by atoms with Gasteiger partial charge in [-0.05, 0) is 25.4 Å². The molecule has 3 heteroatoms. The zero-order valence-electron chi connectivity index (χ0n) is 11.8. The van der Waals surface area contributed by atoms with E-state index in [0.717, 1.165) is 5.69 Å². The average molecular weight is 252 g/mol. The van der Waals surface area contributed by atoms with Crippen molar-refractivity contribution in [3.8, 4) is 0 Å². The minimum absolute atomic E-state index is 1.00. The molecule has 2 rings (SSSR count). The maximum Gasteiger partial charge on any atom is 0.0724 e. The molecule has 1 heterocycles. The molecule has 0 radical (unpaired) electrons. The Morgan fingerprint density at radius 2 is 1.41 bits per heavy atom. The largest absolute Gasteiger partial charge is 0.143 e. The van der Waals surface area contributed by atoms with Gasteiger partial charge >= 0.3 is 0 Å². The average Bonchev–Trinajstić information content (AvgIpc) is 2.87. The van der Waals surface area contributed by atoms with E-state index >= 15 is 0 Å². The fraction of sp³-hybridized carbons (Fsp3) is 0.429. The van der Waals surface area contributed by atoms with Crippen molar-refractivity contribution in [2.24, 2.45) is 0 Å².